The summed E-state index contributed by atoms with van der Waals surface area (Å²) in [6.07, 6.45) is 5.54. The summed E-state index contributed by atoms with van der Waals surface area (Å²) in [6.45, 7) is 0.483. The van der Waals surface area contributed by atoms with E-state index in [2.05, 4.69) is 15.3 Å². The summed E-state index contributed by atoms with van der Waals surface area (Å²) in [5, 5.41) is 13.1. The van der Waals surface area contributed by atoms with Crippen LogP contribution in [0, 0.1) is 17.8 Å². The largest absolute Gasteiger partial charge is 0.391 e. The summed E-state index contributed by atoms with van der Waals surface area (Å²) in [5.41, 5.74) is 0.647. The van der Waals surface area contributed by atoms with Gasteiger partial charge in [-0.25, -0.2) is 13.4 Å². The molecule has 8 nitrogen and oxygen atoms in total. The fourth-order valence-electron chi connectivity index (χ4n) is 5.09. The van der Waals surface area contributed by atoms with Gasteiger partial charge in [0.05, 0.1) is 23.2 Å². The number of nitrogens with zero attached hydrogens (tertiary/aromatic N) is 3. The highest BCUT2D eigenvalue weighted by atomic mass is 32.2. The lowest BCUT2D eigenvalue weighted by Gasteiger charge is -2.28. The summed E-state index contributed by atoms with van der Waals surface area (Å²) in [4.78, 5) is 20.1. The zero-order valence-corrected chi connectivity index (χ0v) is 15.8. The van der Waals surface area contributed by atoms with Gasteiger partial charge in [-0.05, 0) is 54.9 Å². The molecule has 1 aromatic carbocycles. The molecule has 1 saturated heterocycles. The van der Waals surface area contributed by atoms with Gasteiger partial charge in [-0.2, -0.15) is 4.31 Å². The van der Waals surface area contributed by atoms with Crippen LogP contribution in [-0.4, -0.2) is 52.4 Å². The van der Waals surface area contributed by atoms with Gasteiger partial charge in [-0.1, -0.05) is 0 Å². The molecule has 2 aliphatic carbocycles. The average molecular weight is 400 g/mol. The van der Waals surface area contributed by atoms with Crippen LogP contribution in [0.15, 0.2) is 47.8 Å². The fourth-order valence-corrected chi connectivity index (χ4v) is 6.83. The van der Waals surface area contributed by atoms with E-state index in [9.17, 15) is 18.3 Å². The van der Waals surface area contributed by atoms with E-state index in [0.29, 0.717) is 18.2 Å². The van der Waals surface area contributed by atoms with E-state index in [0.717, 1.165) is 12.8 Å². The van der Waals surface area contributed by atoms with E-state index in [1.54, 1.807) is 12.1 Å². The second kappa shape index (κ2) is 6.33. The zero-order chi connectivity index (χ0) is 19.5. The highest BCUT2D eigenvalue weighted by Crippen LogP contribution is 2.56. The highest BCUT2D eigenvalue weighted by Gasteiger charge is 2.61. The number of carbonyl (C=O) groups is 1. The number of aliphatic hydroxyl groups is 1. The Morgan fingerprint density at radius 2 is 1.93 bits per heavy atom. The Hall–Kier alpha value is -2.36. The third-order valence-corrected chi connectivity index (χ3v) is 8.20. The lowest BCUT2D eigenvalue weighted by atomic mass is 9.88. The van der Waals surface area contributed by atoms with Crippen LogP contribution in [0.2, 0.25) is 0 Å². The molecule has 3 aliphatic rings. The molecular weight excluding hydrogens is 380 g/mol. The van der Waals surface area contributed by atoms with Crippen molar-refractivity contribution in [1.82, 2.24) is 14.3 Å². The quantitative estimate of drug-likeness (QED) is 0.795. The molecule has 1 aliphatic heterocycles. The molecule has 2 heterocycles. The predicted octanol–water partition coefficient (Wildman–Crippen LogP) is 1.12. The number of carbonyl (C=O) groups excluding carboxylic acids is 1. The van der Waals surface area contributed by atoms with Crippen molar-refractivity contribution in [2.75, 3.05) is 11.9 Å². The molecule has 2 bridgehead atoms. The van der Waals surface area contributed by atoms with Crippen LogP contribution in [-0.2, 0) is 10.0 Å². The van der Waals surface area contributed by atoms with Gasteiger partial charge in [0.1, 0.15) is 5.69 Å². The van der Waals surface area contributed by atoms with Gasteiger partial charge < -0.3 is 10.4 Å². The predicted molar refractivity (Wildman–Crippen MR) is 99.8 cm³/mol. The maximum absolute atomic E-state index is 13.2. The smallest absolute Gasteiger partial charge is 0.275 e. The zero-order valence-electron chi connectivity index (χ0n) is 15.0. The third-order valence-electron chi connectivity index (χ3n) is 6.32. The molecule has 146 valence electrons. The Morgan fingerprint density at radius 3 is 2.61 bits per heavy atom. The Bertz CT molecular complexity index is 1010. The number of fused-ring (bicyclic) bond motifs is 1. The van der Waals surface area contributed by atoms with Crippen molar-refractivity contribution >= 4 is 21.6 Å². The summed E-state index contributed by atoms with van der Waals surface area (Å²) >= 11 is 0. The second-order valence-electron chi connectivity index (χ2n) is 7.78. The number of sulfonamides is 1. The van der Waals surface area contributed by atoms with Crippen LogP contribution in [0.1, 0.15) is 23.3 Å². The number of hydrogen-bond acceptors (Lipinski definition) is 6. The van der Waals surface area contributed by atoms with Crippen molar-refractivity contribution in [1.29, 1.82) is 0 Å². The Balaban J connectivity index is 1.35. The van der Waals surface area contributed by atoms with Crippen molar-refractivity contribution < 1.29 is 18.3 Å². The molecule has 2 aromatic rings. The normalized spacial score (nSPS) is 31.2. The highest BCUT2D eigenvalue weighted by molar-refractivity contribution is 7.89. The molecule has 1 aromatic heterocycles. The molecule has 2 N–H and O–H groups in total. The molecule has 5 atom stereocenters. The van der Waals surface area contributed by atoms with E-state index in [1.165, 1.54) is 35.0 Å². The number of aliphatic hydroxyl groups excluding tert-OH is 1. The van der Waals surface area contributed by atoms with E-state index < -0.39 is 22.0 Å². The summed E-state index contributed by atoms with van der Waals surface area (Å²) in [7, 11) is -3.69. The number of aromatic nitrogens is 2. The SMILES string of the molecule is O=C(Nc1ccc(S(=O)(=O)N2C[C@@H]3C[C@H]4C[C@H]3[C@H]2[C@@H]4O)cc1)c1cnccn1. The number of benzene rings is 1. The van der Waals surface area contributed by atoms with Crippen LogP contribution in [0.25, 0.3) is 0 Å². The van der Waals surface area contributed by atoms with E-state index in [-0.39, 0.29) is 28.5 Å². The molecular formula is C19H20N4O4S. The Kier molecular flexibility index (Phi) is 4.01. The number of hydrogen-bond donors (Lipinski definition) is 2. The summed E-state index contributed by atoms with van der Waals surface area (Å²) < 4.78 is 27.8. The maximum atomic E-state index is 13.2. The minimum Gasteiger partial charge on any atom is -0.391 e. The molecule has 1 amide bonds. The van der Waals surface area contributed by atoms with Crippen LogP contribution in [0.5, 0.6) is 0 Å². The number of amides is 1. The second-order valence-corrected chi connectivity index (χ2v) is 9.67. The van der Waals surface area contributed by atoms with Crippen LogP contribution in [0.4, 0.5) is 5.69 Å². The van der Waals surface area contributed by atoms with Crippen molar-refractivity contribution in [2.24, 2.45) is 17.8 Å². The number of rotatable bonds is 4. The first-order valence-electron chi connectivity index (χ1n) is 9.32. The number of anilines is 1. The summed E-state index contributed by atoms with van der Waals surface area (Å²) in [5.74, 6) is 0.456. The lowest BCUT2D eigenvalue weighted by molar-refractivity contribution is 0.0731. The number of nitrogens with one attached hydrogen (secondary N) is 1. The minimum absolute atomic E-state index is 0.168. The Morgan fingerprint density at radius 1 is 1.14 bits per heavy atom. The van der Waals surface area contributed by atoms with Gasteiger partial charge >= 0.3 is 0 Å². The van der Waals surface area contributed by atoms with E-state index >= 15 is 0 Å². The molecule has 9 heteroatoms. The maximum Gasteiger partial charge on any atom is 0.275 e. The molecule has 5 rings (SSSR count). The van der Waals surface area contributed by atoms with Crippen molar-refractivity contribution in [2.45, 2.75) is 29.9 Å². The molecule has 28 heavy (non-hydrogen) atoms. The van der Waals surface area contributed by atoms with Crippen LogP contribution >= 0.6 is 0 Å². The van der Waals surface area contributed by atoms with Gasteiger partial charge in [0, 0.05) is 24.6 Å². The molecule has 3 fully saturated rings. The van der Waals surface area contributed by atoms with E-state index in [4.69, 9.17) is 0 Å². The van der Waals surface area contributed by atoms with Gasteiger partial charge in [-0.3, -0.25) is 9.78 Å². The van der Waals surface area contributed by atoms with Crippen molar-refractivity contribution in [3.8, 4) is 0 Å². The first-order valence-corrected chi connectivity index (χ1v) is 10.8. The fraction of sp³-hybridized carbons (Fsp3) is 0.421. The molecule has 0 radical (unpaired) electrons. The van der Waals surface area contributed by atoms with Crippen LogP contribution in [0.3, 0.4) is 0 Å². The van der Waals surface area contributed by atoms with E-state index in [1.807, 2.05) is 0 Å². The average Bonchev–Trinajstić information content (AvgIpc) is 3.32. The Labute approximate surface area is 162 Å². The van der Waals surface area contributed by atoms with Gasteiger partial charge in [0.2, 0.25) is 10.0 Å². The minimum atomic E-state index is -3.69. The first-order chi connectivity index (χ1) is 13.4. The van der Waals surface area contributed by atoms with Crippen molar-refractivity contribution in [3.05, 3.63) is 48.5 Å². The van der Waals surface area contributed by atoms with Gasteiger partial charge in [0.25, 0.3) is 5.91 Å². The first kappa shape index (κ1) is 17.7. The molecule has 0 spiro atoms. The van der Waals surface area contributed by atoms with Gasteiger partial charge in [0.15, 0.2) is 0 Å². The van der Waals surface area contributed by atoms with Crippen molar-refractivity contribution in [3.63, 3.8) is 0 Å². The monoisotopic (exact) mass is 400 g/mol. The third kappa shape index (κ3) is 2.65. The molecule has 2 saturated carbocycles. The molecule has 0 unspecified atom stereocenters. The topological polar surface area (TPSA) is 112 Å². The lowest BCUT2D eigenvalue weighted by Crippen LogP contribution is -2.43. The summed E-state index contributed by atoms with van der Waals surface area (Å²) in [6, 6.07) is 5.78. The standard InChI is InChI=1S/C19H20N4O4S/c24-18-11-7-12-10-23(17(18)15(12)8-11)28(26,27)14-3-1-13(2-4-14)22-19(25)16-9-20-5-6-21-16/h1-6,9,11-12,15,17-18,24H,7-8,10H2,(H,22,25)/t11-,12-,15+,17-,18+/m0/s1. The van der Waals surface area contributed by atoms with Crippen LogP contribution < -0.4 is 5.32 Å². The van der Waals surface area contributed by atoms with Gasteiger partial charge in [-0.15, -0.1) is 0 Å².